The molecule has 88 valence electrons. The Labute approximate surface area is 96.2 Å². The van der Waals surface area contributed by atoms with Crippen molar-refractivity contribution in [3.8, 4) is 0 Å². The zero-order valence-corrected chi connectivity index (χ0v) is 10.0. The third-order valence-electron chi connectivity index (χ3n) is 2.17. The van der Waals surface area contributed by atoms with Gasteiger partial charge in [-0.15, -0.1) is 0 Å². The minimum Gasteiger partial charge on any atom is -0.465 e. The van der Waals surface area contributed by atoms with Gasteiger partial charge in [-0.1, -0.05) is 6.07 Å². The van der Waals surface area contributed by atoms with Gasteiger partial charge >= 0.3 is 5.97 Å². The summed E-state index contributed by atoms with van der Waals surface area (Å²) in [5, 5.41) is 0. The van der Waals surface area contributed by atoms with Crippen LogP contribution in [0.15, 0.2) is 24.4 Å². The van der Waals surface area contributed by atoms with Crippen LogP contribution in [0.2, 0.25) is 0 Å². The van der Waals surface area contributed by atoms with Gasteiger partial charge in [0.25, 0.3) is 0 Å². The molecule has 0 N–H and O–H groups in total. The Morgan fingerprint density at radius 2 is 2.25 bits per heavy atom. The highest BCUT2D eigenvalue weighted by atomic mass is 16.5. The number of esters is 1. The normalized spacial score (nSPS) is 10.2. The molecule has 16 heavy (non-hydrogen) atoms. The molecule has 1 rings (SSSR count). The molecule has 0 radical (unpaired) electrons. The SMILES string of the molecule is CCOC(=O)CN(c1ccccn1)C(C)C. The number of rotatable bonds is 5. The molecule has 0 saturated carbocycles. The highest BCUT2D eigenvalue weighted by Crippen LogP contribution is 2.12. The molecule has 0 aliphatic carbocycles. The van der Waals surface area contributed by atoms with Crippen LogP contribution >= 0.6 is 0 Å². The van der Waals surface area contributed by atoms with E-state index in [1.165, 1.54) is 0 Å². The summed E-state index contributed by atoms with van der Waals surface area (Å²) in [5.41, 5.74) is 0. The predicted molar refractivity (Wildman–Crippen MR) is 63.4 cm³/mol. The lowest BCUT2D eigenvalue weighted by atomic mass is 10.3. The van der Waals surface area contributed by atoms with Gasteiger partial charge in [-0.05, 0) is 32.9 Å². The number of nitrogens with zero attached hydrogens (tertiary/aromatic N) is 2. The summed E-state index contributed by atoms with van der Waals surface area (Å²) in [5.74, 6) is 0.576. The van der Waals surface area contributed by atoms with Gasteiger partial charge in [-0.3, -0.25) is 4.79 Å². The van der Waals surface area contributed by atoms with E-state index in [1.807, 2.05) is 36.9 Å². The highest BCUT2D eigenvalue weighted by molar-refractivity contribution is 5.75. The van der Waals surface area contributed by atoms with Crippen LogP contribution in [0.5, 0.6) is 0 Å². The van der Waals surface area contributed by atoms with Gasteiger partial charge in [-0.2, -0.15) is 0 Å². The number of carbonyl (C=O) groups excluding carboxylic acids is 1. The topological polar surface area (TPSA) is 42.4 Å². The average Bonchev–Trinajstić information content (AvgIpc) is 2.27. The van der Waals surface area contributed by atoms with E-state index in [2.05, 4.69) is 4.98 Å². The van der Waals surface area contributed by atoms with Gasteiger partial charge in [0.15, 0.2) is 0 Å². The molecular weight excluding hydrogens is 204 g/mol. The lowest BCUT2D eigenvalue weighted by Gasteiger charge is -2.26. The molecule has 0 bridgehead atoms. The zero-order chi connectivity index (χ0) is 12.0. The molecule has 0 saturated heterocycles. The fourth-order valence-corrected chi connectivity index (χ4v) is 1.40. The molecule has 4 heteroatoms. The monoisotopic (exact) mass is 222 g/mol. The molecule has 0 aliphatic heterocycles. The first-order valence-electron chi connectivity index (χ1n) is 5.48. The third kappa shape index (κ3) is 3.53. The summed E-state index contributed by atoms with van der Waals surface area (Å²) in [6.07, 6.45) is 1.72. The summed E-state index contributed by atoms with van der Waals surface area (Å²) in [4.78, 5) is 17.6. The molecule has 1 aromatic rings. The average molecular weight is 222 g/mol. The molecule has 0 spiro atoms. The second-order valence-corrected chi connectivity index (χ2v) is 3.71. The Morgan fingerprint density at radius 1 is 1.50 bits per heavy atom. The van der Waals surface area contributed by atoms with E-state index in [4.69, 9.17) is 4.74 Å². The molecule has 0 unspecified atom stereocenters. The summed E-state index contributed by atoms with van der Waals surface area (Å²) < 4.78 is 4.94. The Kier molecular flexibility index (Phi) is 4.76. The molecule has 4 nitrogen and oxygen atoms in total. The first-order valence-corrected chi connectivity index (χ1v) is 5.48. The van der Waals surface area contributed by atoms with Crippen molar-refractivity contribution in [2.75, 3.05) is 18.1 Å². The predicted octanol–water partition coefficient (Wildman–Crippen LogP) is 1.86. The second kappa shape index (κ2) is 6.10. The van der Waals surface area contributed by atoms with Gasteiger partial charge in [0.05, 0.1) is 6.61 Å². The molecular formula is C12H18N2O2. The van der Waals surface area contributed by atoms with Gasteiger partial charge in [-0.25, -0.2) is 4.98 Å². The van der Waals surface area contributed by atoms with Crippen LogP contribution in [0.25, 0.3) is 0 Å². The third-order valence-corrected chi connectivity index (χ3v) is 2.17. The van der Waals surface area contributed by atoms with E-state index >= 15 is 0 Å². The number of hydrogen-bond donors (Lipinski definition) is 0. The largest absolute Gasteiger partial charge is 0.465 e. The van der Waals surface area contributed by atoms with Crippen LogP contribution in [0.4, 0.5) is 5.82 Å². The van der Waals surface area contributed by atoms with Gasteiger partial charge in [0, 0.05) is 12.2 Å². The number of ether oxygens (including phenoxy) is 1. The molecule has 0 amide bonds. The van der Waals surface area contributed by atoms with E-state index < -0.39 is 0 Å². The van der Waals surface area contributed by atoms with Crippen molar-refractivity contribution in [2.45, 2.75) is 26.8 Å². The van der Waals surface area contributed by atoms with Gasteiger partial charge in [0.2, 0.25) is 0 Å². The van der Waals surface area contributed by atoms with Crippen molar-refractivity contribution in [2.24, 2.45) is 0 Å². The fourth-order valence-electron chi connectivity index (χ4n) is 1.40. The van der Waals surface area contributed by atoms with E-state index in [0.29, 0.717) is 6.61 Å². The minimum absolute atomic E-state index is 0.208. The Morgan fingerprint density at radius 3 is 2.75 bits per heavy atom. The highest BCUT2D eigenvalue weighted by Gasteiger charge is 2.15. The lowest BCUT2D eigenvalue weighted by Crippen LogP contribution is -2.37. The smallest absolute Gasteiger partial charge is 0.325 e. The first kappa shape index (κ1) is 12.5. The van der Waals surface area contributed by atoms with E-state index in [1.54, 1.807) is 13.1 Å². The maximum atomic E-state index is 11.4. The zero-order valence-electron chi connectivity index (χ0n) is 10.0. The number of carbonyl (C=O) groups is 1. The van der Waals surface area contributed by atoms with Crippen molar-refractivity contribution < 1.29 is 9.53 Å². The second-order valence-electron chi connectivity index (χ2n) is 3.71. The van der Waals surface area contributed by atoms with Crippen LogP contribution in [0, 0.1) is 0 Å². The van der Waals surface area contributed by atoms with Crippen molar-refractivity contribution >= 4 is 11.8 Å². The molecule has 0 aromatic carbocycles. The van der Waals surface area contributed by atoms with Gasteiger partial charge in [0.1, 0.15) is 12.4 Å². The summed E-state index contributed by atoms with van der Waals surface area (Å²) in [6, 6.07) is 5.85. The fraction of sp³-hybridized carbons (Fsp3) is 0.500. The Hall–Kier alpha value is -1.58. The van der Waals surface area contributed by atoms with Crippen LogP contribution in [0.1, 0.15) is 20.8 Å². The number of hydrogen-bond acceptors (Lipinski definition) is 4. The molecule has 1 aromatic heterocycles. The van der Waals surface area contributed by atoms with Crippen LogP contribution in [-0.4, -0.2) is 30.1 Å². The Balaban J connectivity index is 2.73. The van der Waals surface area contributed by atoms with Crippen molar-refractivity contribution in [3.63, 3.8) is 0 Å². The van der Waals surface area contributed by atoms with Crippen LogP contribution < -0.4 is 4.90 Å². The standard InChI is InChI=1S/C12H18N2O2/c1-4-16-12(15)9-14(10(2)3)11-7-5-6-8-13-11/h5-8,10H,4,9H2,1-3H3. The maximum Gasteiger partial charge on any atom is 0.325 e. The molecule has 0 fully saturated rings. The molecule has 1 heterocycles. The summed E-state index contributed by atoms with van der Waals surface area (Å²) >= 11 is 0. The van der Waals surface area contributed by atoms with Crippen molar-refractivity contribution in [1.82, 2.24) is 4.98 Å². The quantitative estimate of drug-likeness (QED) is 0.713. The maximum absolute atomic E-state index is 11.4. The number of aromatic nitrogens is 1. The molecule has 0 atom stereocenters. The summed E-state index contributed by atoms with van der Waals surface area (Å²) in [6.45, 7) is 6.50. The van der Waals surface area contributed by atoms with E-state index in [0.717, 1.165) is 5.82 Å². The van der Waals surface area contributed by atoms with E-state index in [9.17, 15) is 4.79 Å². The molecule has 0 aliphatic rings. The number of pyridine rings is 1. The van der Waals surface area contributed by atoms with Crippen molar-refractivity contribution in [3.05, 3.63) is 24.4 Å². The number of anilines is 1. The van der Waals surface area contributed by atoms with Crippen LogP contribution in [0.3, 0.4) is 0 Å². The lowest BCUT2D eigenvalue weighted by molar-refractivity contribution is -0.141. The first-order chi connectivity index (χ1) is 7.65. The van der Waals surface area contributed by atoms with E-state index in [-0.39, 0.29) is 18.6 Å². The minimum atomic E-state index is -0.221. The van der Waals surface area contributed by atoms with Crippen molar-refractivity contribution in [1.29, 1.82) is 0 Å². The Bertz CT molecular complexity index is 325. The summed E-state index contributed by atoms with van der Waals surface area (Å²) in [7, 11) is 0. The van der Waals surface area contributed by atoms with Gasteiger partial charge < -0.3 is 9.64 Å². The van der Waals surface area contributed by atoms with Crippen LogP contribution in [-0.2, 0) is 9.53 Å².